The molecule has 0 radical (unpaired) electrons. The molecule has 0 fully saturated rings. The maximum atomic E-state index is 11.7. The number of carbonyl (C=O) groups excluding carboxylic acids is 1. The molecule has 0 amide bonds. The molecule has 1 aromatic rings. The van der Waals surface area contributed by atoms with E-state index in [1.165, 1.54) is 11.3 Å². The predicted molar refractivity (Wildman–Crippen MR) is 62.6 cm³/mol. The van der Waals surface area contributed by atoms with Gasteiger partial charge in [-0.15, -0.1) is 11.3 Å². The van der Waals surface area contributed by atoms with Gasteiger partial charge in [0.1, 0.15) is 0 Å². The van der Waals surface area contributed by atoms with Crippen molar-refractivity contribution < 1.29 is 9.53 Å². The van der Waals surface area contributed by atoms with Crippen molar-refractivity contribution in [2.24, 2.45) is 0 Å². The predicted octanol–water partition coefficient (Wildman–Crippen LogP) is 1.90. The summed E-state index contributed by atoms with van der Waals surface area (Å²) in [7, 11) is 3.65. The van der Waals surface area contributed by atoms with Crippen molar-refractivity contribution in [3.63, 3.8) is 0 Å². The normalized spacial score (nSPS) is 10.9. The van der Waals surface area contributed by atoms with Gasteiger partial charge < -0.3 is 4.74 Å². The lowest BCUT2D eigenvalue weighted by atomic mass is 10.3. The Balaban J connectivity index is 2.26. The Morgan fingerprint density at radius 3 is 3.00 bits per heavy atom. The van der Waals surface area contributed by atoms with Crippen LogP contribution in [0.1, 0.15) is 16.1 Å². The molecule has 3 nitrogen and oxygen atoms in total. The topological polar surface area (TPSA) is 29.5 Å². The van der Waals surface area contributed by atoms with Gasteiger partial charge in [-0.3, -0.25) is 9.69 Å². The molecule has 0 unspecified atom stereocenters. The van der Waals surface area contributed by atoms with Gasteiger partial charge in [0.05, 0.1) is 11.4 Å². The minimum absolute atomic E-state index is 0.199. The third kappa shape index (κ3) is 4.55. The van der Waals surface area contributed by atoms with Crippen molar-refractivity contribution in [2.75, 3.05) is 33.9 Å². The lowest BCUT2D eigenvalue weighted by Gasteiger charge is -2.14. The Labute approximate surface area is 94.7 Å². The summed E-state index contributed by atoms with van der Waals surface area (Å²) in [5, 5.41) is 1.93. The number of hydrogen-bond acceptors (Lipinski definition) is 4. The van der Waals surface area contributed by atoms with Crippen LogP contribution < -0.4 is 0 Å². The molecule has 0 spiro atoms. The lowest BCUT2D eigenvalue weighted by Crippen LogP contribution is -2.27. The van der Waals surface area contributed by atoms with Gasteiger partial charge in [-0.1, -0.05) is 6.07 Å². The zero-order valence-electron chi connectivity index (χ0n) is 9.23. The zero-order valence-corrected chi connectivity index (χ0v) is 10.0. The van der Waals surface area contributed by atoms with E-state index in [0.29, 0.717) is 6.54 Å². The van der Waals surface area contributed by atoms with Crippen molar-refractivity contribution in [1.29, 1.82) is 0 Å². The van der Waals surface area contributed by atoms with Crippen LogP contribution in [0.2, 0.25) is 0 Å². The third-order valence-electron chi connectivity index (χ3n) is 2.10. The van der Waals surface area contributed by atoms with Crippen LogP contribution in [0.3, 0.4) is 0 Å². The number of ether oxygens (including phenoxy) is 1. The quantitative estimate of drug-likeness (QED) is 0.526. The van der Waals surface area contributed by atoms with Crippen molar-refractivity contribution in [1.82, 2.24) is 4.90 Å². The highest BCUT2D eigenvalue weighted by atomic mass is 32.1. The fourth-order valence-electron chi connectivity index (χ4n) is 1.32. The summed E-state index contributed by atoms with van der Waals surface area (Å²) in [5.41, 5.74) is 0. The van der Waals surface area contributed by atoms with E-state index in [1.54, 1.807) is 7.11 Å². The van der Waals surface area contributed by atoms with Crippen LogP contribution in [-0.2, 0) is 4.74 Å². The lowest BCUT2D eigenvalue weighted by molar-refractivity contribution is 0.0942. The molecule has 1 rings (SSSR count). The van der Waals surface area contributed by atoms with Crippen LogP contribution in [0.15, 0.2) is 17.5 Å². The van der Waals surface area contributed by atoms with Crippen LogP contribution in [0, 0.1) is 0 Å². The Kier molecular flexibility index (Phi) is 5.53. The number of likely N-dealkylation sites (N-methyl/N-ethyl adjacent to an activating group) is 1. The van der Waals surface area contributed by atoms with E-state index in [2.05, 4.69) is 0 Å². The second-order valence-corrected chi connectivity index (χ2v) is 4.43. The van der Waals surface area contributed by atoms with Gasteiger partial charge in [0, 0.05) is 20.3 Å². The number of ketones is 1. The molecule has 0 saturated carbocycles. The van der Waals surface area contributed by atoms with Gasteiger partial charge in [-0.25, -0.2) is 0 Å². The maximum Gasteiger partial charge on any atom is 0.186 e. The Bertz CT molecular complexity index is 285. The highest BCUT2D eigenvalue weighted by Gasteiger charge is 2.09. The number of Topliss-reactive ketones (excluding diaryl/α,β-unsaturated/α-hetero) is 1. The summed E-state index contributed by atoms with van der Waals surface area (Å²) < 4.78 is 4.96. The van der Waals surface area contributed by atoms with E-state index < -0.39 is 0 Å². The molecule has 0 aromatic carbocycles. The van der Waals surface area contributed by atoms with Crippen LogP contribution in [-0.4, -0.2) is 44.5 Å². The molecule has 1 aromatic heterocycles. The minimum Gasteiger partial charge on any atom is -0.385 e. The van der Waals surface area contributed by atoms with Gasteiger partial charge in [0.2, 0.25) is 0 Å². The first-order chi connectivity index (χ1) is 7.24. The number of rotatable bonds is 7. The third-order valence-corrected chi connectivity index (χ3v) is 3.01. The molecule has 0 bridgehead atoms. The Morgan fingerprint density at radius 2 is 2.40 bits per heavy atom. The number of thiophene rings is 1. The van der Waals surface area contributed by atoms with Crippen molar-refractivity contribution in [2.45, 2.75) is 6.42 Å². The zero-order chi connectivity index (χ0) is 11.1. The highest BCUT2D eigenvalue weighted by molar-refractivity contribution is 7.12. The van der Waals surface area contributed by atoms with E-state index in [-0.39, 0.29) is 5.78 Å². The van der Waals surface area contributed by atoms with Gasteiger partial charge in [-0.05, 0) is 24.9 Å². The summed E-state index contributed by atoms with van der Waals surface area (Å²) >= 11 is 1.50. The summed E-state index contributed by atoms with van der Waals surface area (Å²) in [4.78, 5) is 14.6. The first-order valence-corrected chi connectivity index (χ1v) is 5.86. The van der Waals surface area contributed by atoms with Crippen LogP contribution in [0.25, 0.3) is 0 Å². The Hall–Kier alpha value is -0.710. The van der Waals surface area contributed by atoms with Gasteiger partial charge >= 0.3 is 0 Å². The molecule has 1 heterocycles. The number of carbonyl (C=O) groups is 1. The summed E-state index contributed by atoms with van der Waals surface area (Å²) in [6.07, 6.45) is 0.963. The smallest absolute Gasteiger partial charge is 0.186 e. The SMILES string of the molecule is COCCCN(C)CC(=O)c1cccs1. The largest absolute Gasteiger partial charge is 0.385 e. The average molecular weight is 227 g/mol. The number of nitrogens with zero attached hydrogens (tertiary/aromatic N) is 1. The fraction of sp³-hybridized carbons (Fsp3) is 0.545. The monoisotopic (exact) mass is 227 g/mol. The molecule has 84 valence electrons. The number of methoxy groups -OCH3 is 1. The fourth-order valence-corrected chi connectivity index (χ4v) is 1.98. The first kappa shape index (κ1) is 12.4. The van der Waals surface area contributed by atoms with E-state index in [0.717, 1.165) is 24.4 Å². The molecule has 0 N–H and O–H groups in total. The highest BCUT2D eigenvalue weighted by Crippen LogP contribution is 2.09. The first-order valence-electron chi connectivity index (χ1n) is 4.98. The molecule has 0 atom stereocenters. The number of hydrogen-bond donors (Lipinski definition) is 0. The second kappa shape index (κ2) is 6.71. The molecule has 4 heteroatoms. The van der Waals surface area contributed by atoms with Crippen LogP contribution >= 0.6 is 11.3 Å². The summed E-state index contributed by atoms with van der Waals surface area (Å²) in [6.45, 7) is 2.13. The minimum atomic E-state index is 0.199. The second-order valence-electron chi connectivity index (χ2n) is 3.48. The maximum absolute atomic E-state index is 11.7. The molecule has 0 saturated heterocycles. The van der Waals surface area contributed by atoms with Crippen LogP contribution in [0.4, 0.5) is 0 Å². The van der Waals surface area contributed by atoms with E-state index in [4.69, 9.17) is 4.74 Å². The molecule has 0 aliphatic rings. The average Bonchev–Trinajstić information content (AvgIpc) is 2.70. The van der Waals surface area contributed by atoms with Crippen molar-refractivity contribution >= 4 is 17.1 Å². The molecule has 15 heavy (non-hydrogen) atoms. The summed E-state index contributed by atoms with van der Waals surface area (Å²) in [5.74, 6) is 0.199. The van der Waals surface area contributed by atoms with Gasteiger partial charge in [-0.2, -0.15) is 0 Å². The molecular formula is C11H17NO2S. The van der Waals surface area contributed by atoms with Crippen LogP contribution in [0.5, 0.6) is 0 Å². The molecular weight excluding hydrogens is 210 g/mol. The van der Waals surface area contributed by atoms with E-state index in [9.17, 15) is 4.79 Å². The van der Waals surface area contributed by atoms with Gasteiger partial charge in [0.15, 0.2) is 5.78 Å². The van der Waals surface area contributed by atoms with E-state index in [1.807, 2.05) is 29.5 Å². The summed E-state index contributed by atoms with van der Waals surface area (Å²) in [6, 6.07) is 3.78. The van der Waals surface area contributed by atoms with Crippen molar-refractivity contribution in [3.8, 4) is 0 Å². The Morgan fingerprint density at radius 1 is 1.60 bits per heavy atom. The molecule has 0 aliphatic carbocycles. The standard InChI is InChI=1S/C11H17NO2S/c1-12(6-4-7-14-2)9-10(13)11-5-3-8-15-11/h3,5,8H,4,6-7,9H2,1-2H3. The van der Waals surface area contributed by atoms with Gasteiger partial charge in [0.25, 0.3) is 0 Å². The van der Waals surface area contributed by atoms with Crippen molar-refractivity contribution in [3.05, 3.63) is 22.4 Å². The molecule has 0 aliphatic heterocycles. The van der Waals surface area contributed by atoms with E-state index >= 15 is 0 Å².